The Morgan fingerprint density at radius 1 is 1.41 bits per heavy atom. The van der Waals surface area contributed by atoms with Crippen molar-refractivity contribution < 1.29 is 14.3 Å². The van der Waals surface area contributed by atoms with Crippen LogP contribution in [0.2, 0.25) is 0 Å². The lowest BCUT2D eigenvalue weighted by molar-refractivity contribution is 0.0657. The van der Waals surface area contributed by atoms with Gasteiger partial charge in [-0.05, 0) is 19.1 Å². The average Bonchev–Trinajstić information content (AvgIpc) is 2.39. The second kappa shape index (κ2) is 7.20. The van der Waals surface area contributed by atoms with Gasteiger partial charge in [0.25, 0.3) is 0 Å². The second-order valence-electron chi connectivity index (χ2n) is 3.16. The van der Waals surface area contributed by atoms with Crippen LogP contribution in [-0.2, 0) is 9.47 Å². The van der Waals surface area contributed by atoms with E-state index in [9.17, 15) is 4.79 Å². The molecule has 0 heterocycles. The lowest BCUT2D eigenvalue weighted by Crippen LogP contribution is -2.02. The molecule has 4 heteroatoms. The molecule has 1 rings (SSSR count). The standard InChI is InChI=1S/C13H13NO3/c1-2-16-9-11(8-14)10-17-13(15)12-6-4-3-5-7-12/h3-7,10H,2,9H2,1H3/b11-10+. The molecule has 0 aliphatic rings. The molecule has 0 aliphatic carbocycles. The van der Waals surface area contributed by atoms with Crippen molar-refractivity contribution in [1.29, 1.82) is 5.26 Å². The van der Waals surface area contributed by atoms with Gasteiger partial charge in [0.05, 0.1) is 17.7 Å². The third-order valence-electron chi connectivity index (χ3n) is 1.92. The number of carbonyl (C=O) groups excluding carboxylic acids is 1. The first kappa shape index (κ1) is 12.9. The summed E-state index contributed by atoms with van der Waals surface area (Å²) in [5, 5.41) is 8.75. The first-order valence-corrected chi connectivity index (χ1v) is 5.20. The molecule has 0 bridgehead atoms. The highest BCUT2D eigenvalue weighted by atomic mass is 16.5. The number of hydrogen-bond donors (Lipinski definition) is 0. The molecule has 0 amide bonds. The van der Waals surface area contributed by atoms with Gasteiger partial charge in [0.15, 0.2) is 0 Å². The highest BCUT2D eigenvalue weighted by Crippen LogP contribution is 2.03. The van der Waals surface area contributed by atoms with Crippen molar-refractivity contribution in [1.82, 2.24) is 0 Å². The number of benzene rings is 1. The third-order valence-corrected chi connectivity index (χ3v) is 1.92. The van der Waals surface area contributed by atoms with Gasteiger partial charge in [-0.15, -0.1) is 0 Å². The lowest BCUT2D eigenvalue weighted by Gasteiger charge is -2.01. The van der Waals surface area contributed by atoms with Crippen LogP contribution in [0.15, 0.2) is 42.2 Å². The summed E-state index contributed by atoms with van der Waals surface area (Å²) in [7, 11) is 0. The minimum absolute atomic E-state index is 0.148. The van der Waals surface area contributed by atoms with Crippen molar-refractivity contribution in [3.8, 4) is 6.07 Å². The van der Waals surface area contributed by atoms with Crippen molar-refractivity contribution >= 4 is 5.97 Å². The Morgan fingerprint density at radius 3 is 2.71 bits per heavy atom. The van der Waals surface area contributed by atoms with E-state index in [-0.39, 0.29) is 12.2 Å². The van der Waals surface area contributed by atoms with E-state index >= 15 is 0 Å². The maximum atomic E-state index is 11.5. The fourth-order valence-electron chi connectivity index (χ4n) is 1.07. The Hall–Kier alpha value is -2.12. The van der Waals surface area contributed by atoms with Crippen molar-refractivity contribution in [2.75, 3.05) is 13.2 Å². The number of nitriles is 1. The Bertz CT molecular complexity index is 432. The molecule has 0 unspecified atom stereocenters. The van der Waals surface area contributed by atoms with Crippen LogP contribution in [-0.4, -0.2) is 19.2 Å². The van der Waals surface area contributed by atoms with E-state index in [0.29, 0.717) is 12.2 Å². The molecule has 88 valence electrons. The minimum atomic E-state index is -0.491. The summed E-state index contributed by atoms with van der Waals surface area (Å²) < 4.78 is 9.92. The van der Waals surface area contributed by atoms with Gasteiger partial charge in [0, 0.05) is 6.61 Å². The maximum Gasteiger partial charge on any atom is 0.342 e. The quantitative estimate of drug-likeness (QED) is 0.443. The molecule has 0 aromatic heterocycles. The van der Waals surface area contributed by atoms with Gasteiger partial charge in [0.1, 0.15) is 12.3 Å². The van der Waals surface area contributed by atoms with E-state index in [1.165, 1.54) is 0 Å². The summed E-state index contributed by atoms with van der Waals surface area (Å²) in [5.74, 6) is -0.491. The van der Waals surface area contributed by atoms with E-state index in [2.05, 4.69) is 0 Å². The van der Waals surface area contributed by atoms with Crippen molar-refractivity contribution in [2.24, 2.45) is 0 Å². The molecule has 1 aromatic carbocycles. The third kappa shape index (κ3) is 4.49. The van der Waals surface area contributed by atoms with Crippen molar-refractivity contribution in [2.45, 2.75) is 6.92 Å². The van der Waals surface area contributed by atoms with E-state index in [0.717, 1.165) is 6.26 Å². The molecule has 0 saturated heterocycles. The molecule has 17 heavy (non-hydrogen) atoms. The first-order valence-electron chi connectivity index (χ1n) is 5.20. The van der Waals surface area contributed by atoms with Gasteiger partial charge in [-0.25, -0.2) is 4.79 Å². The monoisotopic (exact) mass is 231 g/mol. The van der Waals surface area contributed by atoms with Crippen LogP contribution < -0.4 is 0 Å². The Labute approximate surface area is 100 Å². The zero-order valence-electron chi connectivity index (χ0n) is 9.55. The predicted octanol–water partition coefficient (Wildman–Crippen LogP) is 2.29. The van der Waals surface area contributed by atoms with Crippen LogP contribution >= 0.6 is 0 Å². The molecule has 0 spiro atoms. The fraction of sp³-hybridized carbons (Fsp3) is 0.231. The number of carbonyl (C=O) groups is 1. The zero-order chi connectivity index (χ0) is 12.5. The van der Waals surface area contributed by atoms with Gasteiger partial charge in [0.2, 0.25) is 0 Å². The largest absolute Gasteiger partial charge is 0.430 e. The number of ether oxygens (including phenoxy) is 2. The molecule has 0 saturated carbocycles. The molecular formula is C13H13NO3. The highest BCUT2D eigenvalue weighted by molar-refractivity contribution is 5.89. The number of hydrogen-bond acceptors (Lipinski definition) is 4. The molecule has 0 atom stereocenters. The minimum Gasteiger partial charge on any atom is -0.430 e. The molecule has 0 aliphatic heterocycles. The number of nitrogens with zero attached hydrogens (tertiary/aromatic N) is 1. The SMILES string of the molecule is CCOC/C(C#N)=C/OC(=O)c1ccccc1. The van der Waals surface area contributed by atoms with E-state index in [1.54, 1.807) is 24.3 Å². The lowest BCUT2D eigenvalue weighted by atomic mass is 10.2. The Morgan fingerprint density at radius 2 is 2.12 bits per heavy atom. The fourth-order valence-corrected chi connectivity index (χ4v) is 1.07. The van der Waals surface area contributed by atoms with Crippen LogP contribution in [0.5, 0.6) is 0 Å². The maximum absolute atomic E-state index is 11.5. The molecule has 0 radical (unpaired) electrons. The van der Waals surface area contributed by atoms with Gasteiger partial charge < -0.3 is 9.47 Å². The van der Waals surface area contributed by atoms with E-state index < -0.39 is 5.97 Å². The summed E-state index contributed by atoms with van der Waals surface area (Å²) in [6.07, 6.45) is 1.13. The smallest absolute Gasteiger partial charge is 0.342 e. The normalized spacial score (nSPS) is 10.7. The van der Waals surface area contributed by atoms with Crippen molar-refractivity contribution in [3.05, 3.63) is 47.7 Å². The van der Waals surface area contributed by atoms with Crippen LogP contribution in [0, 0.1) is 11.3 Å². The molecule has 4 nitrogen and oxygen atoms in total. The average molecular weight is 231 g/mol. The van der Waals surface area contributed by atoms with E-state index in [1.807, 2.05) is 19.1 Å². The predicted molar refractivity (Wildman–Crippen MR) is 62.0 cm³/mol. The topological polar surface area (TPSA) is 59.3 Å². The van der Waals surface area contributed by atoms with Crippen LogP contribution in [0.25, 0.3) is 0 Å². The van der Waals surface area contributed by atoms with Gasteiger partial charge in [-0.1, -0.05) is 18.2 Å². The summed E-state index contributed by atoms with van der Waals surface area (Å²) in [4.78, 5) is 11.5. The van der Waals surface area contributed by atoms with Gasteiger partial charge in [-0.3, -0.25) is 0 Å². The summed E-state index contributed by atoms with van der Waals surface area (Å²) in [6, 6.07) is 10.5. The van der Waals surface area contributed by atoms with Crippen LogP contribution in [0.4, 0.5) is 0 Å². The number of rotatable bonds is 5. The summed E-state index contributed by atoms with van der Waals surface area (Å²) in [5.41, 5.74) is 0.716. The molecule has 0 fully saturated rings. The zero-order valence-corrected chi connectivity index (χ0v) is 9.55. The van der Waals surface area contributed by atoms with Gasteiger partial charge >= 0.3 is 5.97 Å². The Kier molecular flexibility index (Phi) is 5.49. The van der Waals surface area contributed by atoms with Gasteiger partial charge in [-0.2, -0.15) is 5.26 Å². The Balaban J connectivity index is 2.57. The highest BCUT2D eigenvalue weighted by Gasteiger charge is 2.05. The summed E-state index contributed by atoms with van der Waals surface area (Å²) >= 11 is 0. The van der Waals surface area contributed by atoms with Crippen molar-refractivity contribution in [3.63, 3.8) is 0 Å². The molecule has 1 aromatic rings. The molecule has 0 N–H and O–H groups in total. The second-order valence-corrected chi connectivity index (χ2v) is 3.16. The van der Waals surface area contributed by atoms with Crippen LogP contribution in [0.1, 0.15) is 17.3 Å². The number of esters is 1. The molecular weight excluding hydrogens is 218 g/mol. The summed E-state index contributed by atoms with van der Waals surface area (Å²) in [6.45, 7) is 2.48. The first-order chi connectivity index (χ1) is 8.27. The van der Waals surface area contributed by atoms with Crippen LogP contribution in [0.3, 0.4) is 0 Å². The van der Waals surface area contributed by atoms with E-state index in [4.69, 9.17) is 14.7 Å².